The highest BCUT2D eigenvalue weighted by Gasteiger charge is 2.20. The Bertz CT molecular complexity index is 336. The molecule has 1 aromatic rings. The van der Waals surface area contributed by atoms with Gasteiger partial charge in [-0.2, -0.15) is 0 Å². The first kappa shape index (κ1) is 9.81. The van der Waals surface area contributed by atoms with Gasteiger partial charge in [0.2, 0.25) is 0 Å². The van der Waals surface area contributed by atoms with Crippen molar-refractivity contribution in [3.8, 4) is 5.75 Å². The van der Waals surface area contributed by atoms with Gasteiger partial charge in [-0.1, -0.05) is 12.1 Å². The Morgan fingerprint density at radius 2 is 2.21 bits per heavy atom. The molecule has 0 saturated carbocycles. The Morgan fingerprint density at radius 3 is 2.93 bits per heavy atom. The highest BCUT2D eigenvalue weighted by atomic mass is 35.5. The molecule has 2 aliphatic heterocycles. The smallest absolute Gasteiger partial charge is 0.122 e. The first-order valence-corrected chi connectivity index (χ1v) is 4.92. The summed E-state index contributed by atoms with van der Waals surface area (Å²) in [5.41, 5.74) is 2.81. The molecule has 0 aromatic heterocycles. The number of ether oxygens (including phenoxy) is 1. The van der Waals surface area contributed by atoms with Crippen LogP contribution in [0.5, 0.6) is 5.75 Å². The predicted octanol–water partition coefficient (Wildman–Crippen LogP) is 2.08. The van der Waals surface area contributed by atoms with Gasteiger partial charge in [-0.25, -0.2) is 0 Å². The molecule has 76 valence electrons. The summed E-state index contributed by atoms with van der Waals surface area (Å²) in [7, 11) is 0. The standard InChI is InChI=1S/C11H13NO.ClH/c1-2-11-9(4-6-13-11)7-8(1)10-3-5-12-10;/h1-2,7,10,12H,3-6H2;1H/t10-;/m1./s1. The lowest BCUT2D eigenvalue weighted by molar-refractivity contribution is 0.356. The maximum absolute atomic E-state index is 5.46. The molecule has 1 fully saturated rings. The summed E-state index contributed by atoms with van der Waals surface area (Å²) < 4.78 is 5.46. The molecule has 0 bridgehead atoms. The largest absolute Gasteiger partial charge is 0.493 e. The second kappa shape index (κ2) is 3.79. The predicted molar refractivity (Wildman–Crippen MR) is 58.2 cm³/mol. The van der Waals surface area contributed by atoms with Crippen molar-refractivity contribution < 1.29 is 4.74 Å². The maximum atomic E-state index is 5.46. The molecule has 2 nitrogen and oxygen atoms in total. The fourth-order valence-electron chi connectivity index (χ4n) is 2.00. The lowest BCUT2D eigenvalue weighted by Gasteiger charge is -2.28. The molecular weight excluding hydrogens is 198 g/mol. The summed E-state index contributed by atoms with van der Waals surface area (Å²) in [6.45, 7) is 2.02. The van der Waals surface area contributed by atoms with Crippen LogP contribution in [0.2, 0.25) is 0 Å². The lowest BCUT2D eigenvalue weighted by atomic mass is 9.96. The third-order valence-electron chi connectivity index (χ3n) is 2.94. The molecule has 2 aliphatic rings. The van der Waals surface area contributed by atoms with Crippen LogP contribution in [0, 0.1) is 0 Å². The van der Waals surface area contributed by atoms with Gasteiger partial charge in [0.15, 0.2) is 0 Å². The zero-order valence-electron chi connectivity index (χ0n) is 7.95. The number of hydrogen-bond donors (Lipinski definition) is 1. The fourth-order valence-corrected chi connectivity index (χ4v) is 2.00. The molecule has 14 heavy (non-hydrogen) atoms. The van der Waals surface area contributed by atoms with E-state index in [1.54, 1.807) is 0 Å². The second-order valence-electron chi connectivity index (χ2n) is 3.76. The van der Waals surface area contributed by atoms with E-state index in [-0.39, 0.29) is 12.4 Å². The minimum atomic E-state index is 0. The Kier molecular flexibility index (Phi) is 2.66. The number of fused-ring (bicyclic) bond motifs is 1. The summed E-state index contributed by atoms with van der Waals surface area (Å²) in [5.74, 6) is 1.09. The van der Waals surface area contributed by atoms with Gasteiger partial charge in [-0.3, -0.25) is 0 Å². The van der Waals surface area contributed by atoms with Crippen molar-refractivity contribution in [2.45, 2.75) is 18.9 Å². The third kappa shape index (κ3) is 1.49. The number of halogens is 1. The Labute approximate surface area is 90.1 Å². The van der Waals surface area contributed by atoms with Gasteiger partial charge >= 0.3 is 0 Å². The van der Waals surface area contributed by atoms with E-state index < -0.39 is 0 Å². The SMILES string of the molecule is Cl.c1cc2c(cc1[C@H]1CCN1)CCO2. The molecule has 0 unspecified atom stereocenters. The zero-order valence-corrected chi connectivity index (χ0v) is 8.77. The van der Waals surface area contributed by atoms with Crippen molar-refractivity contribution in [1.82, 2.24) is 5.32 Å². The Morgan fingerprint density at radius 1 is 1.36 bits per heavy atom. The average Bonchev–Trinajstić information content (AvgIpc) is 2.47. The van der Waals surface area contributed by atoms with Crippen molar-refractivity contribution in [2.75, 3.05) is 13.2 Å². The summed E-state index contributed by atoms with van der Waals surface area (Å²) in [6.07, 6.45) is 2.36. The molecule has 0 radical (unpaired) electrons. The summed E-state index contributed by atoms with van der Waals surface area (Å²) in [4.78, 5) is 0. The Hall–Kier alpha value is -0.730. The molecule has 2 heterocycles. The van der Waals surface area contributed by atoms with E-state index in [2.05, 4.69) is 23.5 Å². The molecule has 1 aromatic carbocycles. The summed E-state index contributed by atoms with van der Waals surface area (Å²) >= 11 is 0. The molecule has 1 saturated heterocycles. The maximum Gasteiger partial charge on any atom is 0.122 e. The normalized spacial score (nSPS) is 23.0. The zero-order chi connectivity index (χ0) is 8.67. The van der Waals surface area contributed by atoms with Crippen LogP contribution >= 0.6 is 12.4 Å². The van der Waals surface area contributed by atoms with Crippen LogP contribution in [0.1, 0.15) is 23.6 Å². The number of rotatable bonds is 1. The van der Waals surface area contributed by atoms with Crippen LogP contribution in [-0.2, 0) is 6.42 Å². The van der Waals surface area contributed by atoms with Crippen molar-refractivity contribution >= 4 is 12.4 Å². The van der Waals surface area contributed by atoms with Crippen LogP contribution in [0.3, 0.4) is 0 Å². The van der Waals surface area contributed by atoms with Crippen LogP contribution in [0.4, 0.5) is 0 Å². The van der Waals surface area contributed by atoms with Crippen LogP contribution in [0.25, 0.3) is 0 Å². The van der Waals surface area contributed by atoms with Crippen molar-refractivity contribution in [2.24, 2.45) is 0 Å². The van der Waals surface area contributed by atoms with Gasteiger partial charge in [0.1, 0.15) is 5.75 Å². The topological polar surface area (TPSA) is 21.3 Å². The number of hydrogen-bond acceptors (Lipinski definition) is 2. The summed E-state index contributed by atoms with van der Waals surface area (Å²) in [5, 5.41) is 3.41. The number of benzene rings is 1. The van der Waals surface area contributed by atoms with Crippen molar-refractivity contribution in [1.29, 1.82) is 0 Å². The fraction of sp³-hybridized carbons (Fsp3) is 0.455. The molecule has 1 N–H and O–H groups in total. The van der Waals surface area contributed by atoms with Crippen molar-refractivity contribution in [3.63, 3.8) is 0 Å². The van der Waals surface area contributed by atoms with E-state index in [4.69, 9.17) is 4.74 Å². The van der Waals surface area contributed by atoms with E-state index in [0.29, 0.717) is 6.04 Å². The van der Waals surface area contributed by atoms with Gasteiger partial charge in [0.25, 0.3) is 0 Å². The second-order valence-corrected chi connectivity index (χ2v) is 3.76. The summed E-state index contributed by atoms with van der Waals surface area (Å²) in [6, 6.07) is 7.18. The van der Waals surface area contributed by atoms with E-state index in [1.807, 2.05) is 0 Å². The van der Waals surface area contributed by atoms with Gasteiger partial charge < -0.3 is 10.1 Å². The highest BCUT2D eigenvalue weighted by Crippen LogP contribution is 2.30. The third-order valence-corrected chi connectivity index (χ3v) is 2.94. The Balaban J connectivity index is 0.000000750. The first-order valence-electron chi connectivity index (χ1n) is 4.92. The molecule has 1 atom stereocenters. The molecule has 0 amide bonds. The molecule has 3 heteroatoms. The molecule has 3 rings (SSSR count). The monoisotopic (exact) mass is 211 g/mol. The quantitative estimate of drug-likeness (QED) is 0.768. The van der Waals surface area contributed by atoms with Crippen molar-refractivity contribution in [3.05, 3.63) is 29.3 Å². The average molecular weight is 212 g/mol. The highest BCUT2D eigenvalue weighted by molar-refractivity contribution is 5.85. The van der Waals surface area contributed by atoms with Gasteiger partial charge in [-0.15, -0.1) is 12.4 Å². The van der Waals surface area contributed by atoms with Gasteiger partial charge in [0, 0.05) is 12.5 Å². The van der Waals surface area contributed by atoms with Crippen LogP contribution < -0.4 is 10.1 Å². The van der Waals surface area contributed by atoms with E-state index in [0.717, 1.165) is 25.3 Å². The van der Waals surface area contributed by atoms with Crippen LogP contribution in [0.15, 0.2) is 18.2 Å². The molecular formula is C11H14ClNO. The minimum Gasteiger partial charge on any atom is -0.493 e. The lowest BCUT2D eigenvalue weighted by Crippen LogP contribution is -2.34. The van der Waals surface area contributed by atoms with Gasteiger partial charge in [-0.05, 0) is 30.2 Å². The number of nitrogens with one attached hydrogen (secondary N) is 1. The van der Waals surface area contributed by atoms with E-state index in [9.17, 15) is 0 Å². The minimum absolute atomic E-state index is 0. The molecule has 0 aliphatic carbocycles. The van der Waals surface area contributed by atoms with Gasteiger partial charge in [0.05, 0.1) is 6.61 Å². The van der Waals surface area contributed by atoms with E-state index in [1.165, 1.54) is 17.5 Å². The molecule has 0 spiro atoms. The van der Waals surface area contributed by atoms with E-state index >= 15 is 0 Å². The first-order chi connectivity index (χ1) is 6.43. The van der Waals surface area contributed by atoms with Crippen LogP contribution in [-0.4, -0.2) is 13.2 Å².